The summed E-state index contributed by atoms with van der Waals surface area (Å²) in [6.45, 7) is 1.95. The third kappa shape index (κ3) is 3.90. The first-order chi connectivity index (χ1) is 8.53. The van der Waals surface area contributed by atoms with Gasteiger partial charge in [0.25, 0.3) is 0 Å². The first-order valence-electron chi connectivity index (χ1n) is 5.58. The van der Waals surface area contributed by atoms with Crippen LogP contribution in [0.2, 0.25) is 0 Å². The van der Waals surface area contributed by atoms with Gasteiger partial charge in [-0.2, -0.15) is 0 Å². The van der Waals surface area contributed by atoms with E-state index in [-0.39, 0.29) is 0 Å². The molecule has 5 nitrogen and oxygen atoms in total. The highest BCUT2D eigenvalue weighted by molar-refractivity contribution is 7.54. The molecule has 1 rings (SSSR count). The van der Waals surface area contributed by atoms with Crippen LogP contribution in [0.4, 0.5) is 0 Å². The molecule has 6 heteroatoms. The molecule has 1 N–H and O–H groups in total. The largest absolute Gasteiger partial charge is 0.378 e. The molecule has 0 amide bonds. The Morgan fingerprint density at radius 3 is 2.28 bits per heavy atom. The zero-order valence-electron chi connectivity index (χ0n) is 10.8. The normalized spacial score (nSPS) is 15.3. The average molecular weight is 274 g/mol. The van der Waals surface area contributed by atoms with Crippen molar-refractivity contribution in [3.63, 3.8) is 0 Å². The van der Waals surface area contributed by atoms with Crippen LogP contribution in [-0.4, -0.2) is 31.3 Å². The molecule has 0 aliphatic heterocycles. The molecule has 102 valence electrons. The fourth-order valence-corrected chi connectivity index (χ4v) is 2.62. The number of hydrogen-bond donors (Lipinski definition) is 1. The Morgan fingerprint density at radius 2 is 1.78 bits per heavy atom. The van der Waals surface area contributed by atoms with Crippen LogP contribution in [-0.2, 0) is 25.0 Å². The van der Waals surface area contributed by atoms with Crippen LogP contribution >= 0.6 is 7.60 Å². The van der Waals surface area contributed by atoms with Gasteiger partial charge in [-0.15, -0.1) is 0 Å². The average Bonchev–Trinajstić information content (AvgIpc) is 2.44. The van der Waals surface area contributed by atoms with Crippen molar-refractivity contribution in [3.8, 4) is 0 Å². The van der Waals surface area contributed by atoms with Crippen LogP contribution in [0, 0.1) is 0 Å². The van der Waals surface area contributed by atoms with Gasteiger partial charge in [-0.1, -0.05) is 30.3 Å². The smallest absolute Gasteiger partial charge is 0.361 e. The number of rotatable bonds is 7. The molecule has 0 saturated heterocycles. The molecule has 1 aromatic carbocycles. The lowest BCUT2D eigenvalue weighted by Gasteiger charge is -2.24. The number of ether oxygens (including phenoxy) is 1. The van der Waals surface area contributed by atoms with Gasteiger partial charge in [0, 0.05) is 14.2 Å². The Labute approximate surface area is 107 Å². The van der Waals surface area contributed by atoms with Crippen molar-refractivity contribution in [2.24, 2.45) is 0 Å². The molecule has 1 unspecified atom stereocenters. The van der Waals surface area contributed by atoms with E-state index in [4.69, 9.17) is 13.8 Å². The summed E-state index contributed by atoms with van der Waals surface area (Å²) in [6.07, 6.45) is -0.657. The van der Waals surface area contributed by atoms with E-state index < -0.39 is 19.5 Å². The zero-order valence-corrected chi connectivity index (χ0v) is 11.7. The van der Waals surface area contributed by atoms with Gasteiger partial charge in [0.1, 0.15) is 0 Å². The molecule has 0 spiro atoms. The maximum Gasteiger partial charge on any atom is 0.361 e. The van der Waals surface area contributed by atoms with Gasteiger partial charge in [-0.3, -0.25) is 4.57 Å². The molecule has 0 aromatic heterocycles. The van der Waals surface area contributed by atoms with Gasteiger partial charge in [0.2, 0.25) is 0 Å². The summed E-state index contributed by atoms with van der Waals surface area (Å²) in [6, 6.07) is 9.52. The third-order valence-electron chi connectivity index (χ3n) is 2.61. The van der Waals surface area contributed by atoms with Gasteiger partial charge in [-0.05, 0) is 12.5 Å². The van der Waals surface area contributed by atoms with Crippen molar-refractivity contribution in [2.45, 2.75) is 25.5 Å². The first kappa shape index (κ1) is 15.3. The highest BCUT2D eigenvalue weighted by Gasteiger charge is 2.37. The summed E-state index contributed by atoms with van der Waals surface area (Å²) >= 11 is 0. The van der Waals surface area contributed by atoms with E-state index in [2.05, 4.69) is 0 Å². The minimum Gasteiger partial charge on any atom is -0.378 e. The molecule has 0 fully saturated rings. The monoisotopic (exact) mass is 274 g/mol. The quantitative estimate of drug-likeness (QED) is 0.773. The van der Waals surface area contributed by atoms with Gasteiger partial charge in [0.15, 0.2) is 5.85 Å². The second kappa shape index (κ2) is 7.02. The topological polar surface area (TPSA) is 65.0 Å². The molecule has 2 atom stereocenters. The van der Waals surface area contributed by atoms with E-state index in [1.54, 1.807) is 6.92 Å². The van der Waals surface area contributed by atoms with Crippen molar-refractivity contribution < 1.29 is 23.5 Å². The molecule has 0 bridgehead atoms. The standard InChI is InChI=1S/C12H19O5P/c1-10(12(13)18(14,15-2)16-3)17-9-11-7-5-4-6-8-11/h4-8,10,12-13H,9H2,1-3H3/t10?,12-/m0/s1. The molecule has 18 heavy (non-hydrogen) atoms. The maximum absolute atomic E-state index is 11.9. The number of aliphatic hydroxyl groups excluding tert-OH is 1. The molecule has 0 aliphatic carbocycles. The molecule has 0 saturated carbocycles. The molecular weight excluding hydrogens is 255 g/mol. The molecule has 1 aromatic rings. The van der Waals surface area contributed by atoms with E-state index in [1.165, 1.54) is 14.2 Å². The van der Waals surface area contributed by atoms with Crippen molar-refractivity contribution in [1.82, 2.24) is 0 Å². The summed E-state index contributed by atoms with van der Waals surface area (Å²) in [5.74, 6) is -1.31. The first-order valence-corrected chi connectivity index (χ1v) is 7.19. The van der Waals surface area contributed by atoms with Crippen molar-refractivity contribution in [1.29, 1.82) is 0 Å². The van der Waals surface area contributed by atoms with E-state index in [9.17, 15) is 9.67 Å². The Balaban J connectivity index is 2.55. The zero-order chi connectivity index (χ0) is 13.6. The molecule has 0 aliphatic rings. The van der Waals surface area contributed by atoms with Crippen LogP contribution in [0.25, 0.3) is 0 Å². The summed E-state index contributed by atoms with van der Waals surface area (Å²) in [7, 11) is -1.05. The SMILES string of the molecule is COP(=O)(OC)[C@H](O)C(C)OCc1ccccc1. The van der Waals surface area contributed by atoms with E-state index in [1.807, 2.05) is 30.3 Å². The summed E-state index contributed by atoms with van der Waals surface area (Å²) < 4.78 is 26.8. The molecule has 0 radical (unpaired) electrons. The van der Waals surface area contributed by atoms with Crippen LogP contribution in [0.3, 0.4) is 0 Å². The van der Waals surface area contributed by atoms with Crippen LogP contribution in [0.5, 0.6) is 0 Å². The third-order valence-corrected chi connectivity index (χ3v) is 4.69. The lowest BCUT2D eigenvalue weighted by molar-refractivity contribution is -0.0139. The minimum atomic E-state index is -3.52. The maximum atomic E-state index is 11.9. The Hall–Kier alpha value is -0.710. The number of benzene rings is 1. The summed E-state index contributed by atoms with van der Waals surface area (Å²) in [5.41, 5.74) is 0.973. The fraction of sp³-hybridized carbons (Fsp3) is 0.500. The van der Waals surface area contributed by atoms with Gasteiger partial charge in [-0.25, -0.2) is 0 Å². The summed E-state index contributed by atoms with van der Waals surface area (Å²) in [5, 5.41) is 9.88. The Bertz CT molecular complexity index is 387. The minimum absolute atomic E-state index is 0.326. The number of hydrogen-bond acceptors (Lipinski definition) is 5. The summed E-state index contributed by atoms with van der Waals surface area (Å²) in [4.78, 5) is 0. The van der Waals surface area contributed by atoms with Crippen molar-refractivity contribution in [3.05, 3.63) is 35.9 Å². The van der Waals surface area contributed by atoms with Crippen LogP contribution < -0.4 is 0 Å². The van der Waals surface area contributed by atoms with E-state index >= 15 is 0 Å². The predicted molar refractivity (Wildman–Crippen MR) is 68.3 cm³/mol. The second-order valence-corrected chi connectivity index (χ2v) is 6.16. The van der Waals surface area contributed by atoms with Gasteiger partial charge >= 0.3 is 7.60 Å². The predicted octanol–water partition coefficient (Wildman–Crippen LogP) is 2.40. The second-order valence-electron chi connectivity index (χ2n) is 3.82. The lowest BCUT2D eigenvalue weighted by atomic mass is 10.2. The van der Waals surface area contributed by atoms with Gasteiger partial charge < -0.3 is 18.9 Å². The van der Waals surface area contributed by atoms with Crippen molar-refractivity contribution >= 4 is 7.60 Å². The van der Waals surface area contributed by atoms with E-state index in [0.29, 0.717) is 6.61 Å². The molecule has 0 heterocycles. The molecular formula is C12H19O5P. The van der Waals surface area contributed by atoms with Gasteiger partial charge in [0.05, 0.1) is 12.7 Å². The van der Waals surface area contributed by atoms with Crippen molar-refractivity contribution in [2.75, 3.05) is 14.2 Å². The number of aliphatic hydroxyl groups is 1. The van der Waals surface area contributed by atoms with Crippen LogP contribution in [0.1, 0.15) is 12.5 Å². The Morgan fingerprint density at radius 1 is 1.22 bits per heavy atom. The lowest BCUT2D eigenvalue weighted by Crippen LogP contribution is -2.27. The van der Waals surface area contributed by atoms with Crippen LogP contribution in [0.15, 0.2) is 30.3 Å². The highest BCUT2D eigenvalue weighted by Crippen LogP contribution is 2.52. The van der Waals surface area contributed by atoms with E-state index in [0.717, 1.165) is 5.56 Å². The highest BCUT2D eigenvalue weighted by atomic mass is 31.2. The Kier molecular flexibility index (Phi) is 5.99. The fourth-order valence-electron chi connectivity index (χ4n) is 1.44.